The van der Waals surface area contributed by atoms with Gasteiger partial charge < -0.3 is 0 Å². The summed E-state index contributed by atoms with van der Waals surface area (Å²) in [7, 11) is 0. The van der Waals surface area contributed by atoms with Crippen molar-refractivity contribution in [3.8, 4) is 22.5 Å². The molecule has 0 amide bonds. The minimum Gasteiger partial charge on any atom is -0.295 e. The molecule has 0 bridgehead atoms. The number of tetrazole rings is 1. The lowest BCUT2D eigenvalue weighted by Crippen LogP contribution is -2.37. The smallest absolute Gasteiger partial charge is 0.295 e. The second-order valence-corrected chi connectivity index (χ2v) is 11.0. The number of aromatic nitrogens is 7. The molecule has 8 nitrogen and oxygen atoms in total. The zero-order valence-electron chi connectivity index (χ0n) is 23.6. The Kier molecular flexibility index (Phi) is 8.38. The van der Waals surface area contributed by atoms with E-state index in [0.29, 0.717) is 12.4 Å². The molecule has 39 heavy (non-hydrogen) atoms. The number of nitrogens with zero attached hydrogens (tertiary/aromatic N) is 6. The van der Waals surface area contributed by atoms with Crippen LogP contribution in [0.5, 0.6) is 0 Å². The lowest BCUT2D eigenvalue weighted by atomic mass is 9.72. The average Bonchev–Trinajstić information content (AvgIpc) is 3.55. The molecule has 1 N–H and O–H groups in total. The predicted molar refractivity (Wildman–Crippen MR) is 154 cm³/mol. The van der Waals surface area contributed by atoms with Gasteiger partial charge in [-0.15, -0.1) is 5.10 Å². The lowest BCUT2D eigenvalue weighted by Gasteiger charge is -2.39. The molecule has 3 aromatic heterocycles. The van der Waals surface area contributed by atoms with E-state index in [1.165, 1.54) is 25.7 Å². The summed E-state index contributed by atoms with van der Waals surface area (Å²) in [5.41, 5.74) is 5.38. The van der Waals surface area contributed by atoms with E-state index in [1.54, 1.807) is 0 Å². The molecular formula is C31H41N7O. The van der Waals surface area contributed by atoms with Crippen molar-refractivity contribution in [2.75, 3.05) is 0 Å². The van der Waals surface area contributed by atoms with E-state index in [1.807, 2.05) is 41.2 Å². The summed E-state index contributed by atoms with van der Waals surface area (Å²) in [6.07, 6.45) is 17.1. The maximum absolute atomic E-state index is 14.3. The lowest BCUT2D eigenvalue weighted by molar-refractivity contribution is 0.131. The van der Waals surface area contributed by atoms with E-state index >= 15 is 0 Å². The van der Waals surface area contributed by atoms with Gasteiger partial charge in [-0.25, -0.2) is 9.89 Å². The Hall–Kier alpha value is -3.55. The minimum atomic E-state index is 0.113. The van der Waals surface area contributed by atoms with Crippen molar-refractivity contribution in [3.63, 3.8) is 0 Å². The molecule has 1 unspecified atom stereocenters. The van der Waals surface area contributed by atoms with Gasteiger partial charge in [-0.2, -0.15) is 0 Å². The first-order valence-corrected chi connectivity index (χ1v) is 14.7. The number of hydrogen-bond acceptors (Lipinski definition) is 5. The number of pyridine rings is 1. The topological polar surface area (TPSA) is 94.3 Å². The van der Waals surface area contributed by atoms with Gasteiger partial charge in [0.15, 0.2) is 5.82 Å². The minimum absolute atomic E-state index is 0.113. The van der Waals surface area contributed by atoms with Crippen LogP contribution in [0.4, 0.5) is 0 Å². The number of hydrogen-bond donors (Lipinski definition) is 1. The predicted octanol–water partition coefficient (Wildman–Crippen LogP) is 6.59. The molecule has 206 valence electrons. The molecule has 8 heteroatoms. The number of unbranched alkanes of at least 4 members (excludes halogenated alkanes) is 1. The van der Waals surface area contributed by atoms with Gasteiger partial charge in [-0.3, -0.25) is 14.1 Å². The Labute approximate surface area is 230 Å². The number of imidazole rings is 1. The van der Waals surface area contributed by atoms with Gasteiger partial charge in [-0.1, -0.05) is 70.7 Å². The summed E-state index contributed by atoms with van der Waals surface area (Å²) in [6, 6.07) is 10.4. The van der Waals surface area contributed by atoms with Gasteiger partial charge in [0, 0.05) is 35.9 Å². The second kappa shape index (κ2) is 12.1. The molecule has 1 fully saturated rings. The quantitative estimate of drug-likeness (QED) is 0.235. The van der Waals surface area contributed by atoms with Crippen molar-refractivity contribution in [2.24, 2.45) is 5.41 Å². The number of benzene rings is 1. The molecule has 1 atom stereocenters. The first kappa shape index (κ1) is 27.0. The summed E-state index contributed by atoms with van der Waals surface area (Å²) in [4.78, 5) is 18.7. The SMILES string of the molecule is CCCCc1cn(C2CCCCCC2(CC)CC)c(=O)n1Cc1cnccc1-c1ccccc1-c1nnn[nH]1. The number of aromatic amines is 1. The van der Waals surface area contributed by atoms with Gasteiger partial charge in [0.1, 0.15) is 0 Å². The first-order chi connectivity index (χ1) is 19.1. The third-order valence-corrected chi connectivity index (χ3v) is 9.03. The maximum Gasteiger partial charge on any atom is 0.328 e. The van der Waals surface area contributed by atoms with E-state index in [0.717, 1.165) is 66.5 Å². The van der Waals surface area contributed by atoms with Crippen molar-refractivity contribution in [1.29, 1.82) is 0 Å². The third kappa shape index (κ3) is 5.34. The molecule has 3 heterocycles. The van der Waals surface area contributed by atoms with Gasteiger partial charge in [0.05, 0.1) is 6.54 Å². The van der Waals surface area contributed by atoms with Crippen LogP contribution in [0.2, 0.25) is 0 Å². The summed E-state index contributed by atoms with van der Waals surface area (Å²) in [6.45, 7) is 7.31. The summed E-state index contributed by atoms with van der Waals surface area (Å²) in [5.74, 6) is 0.615. The number of rotatable bonds is 10. The molecule has 0 saturated heterocycles. The zero-order valence-corrected chi connectivity index (χ0v) is 23.6. The van der Waals surface area contributed by atoms with E-state index in [4.69, 9.17) is 0 Å². The van der Waals surface area contributed by atoms with Crippen LogP contribution < -0.4 is 5.69 Å². The normalized spacial score (nSPS) is 17.3. The highest BCUT2D eigenvalue weighted by atomic mass is 16.1. The van der Waals surface area contributed by atoms with Crippen LogP contribution in [0.3, 0.4) is 0 Å². The van der Waals surface area contributed by atoms with E-state index in [9.17, 15) is 4.79 Å². The number of nitrogens with one attached hydrogen (secondary N) is 1. The molecule has 5 rings (SSSR count). The van der Waals surface area contributed by atoms with Crippen LogP contribution in [0.1, 0.15) is 95.9 Å². The van der Waals surface area contributed by atoms with Crippen molar-refractivity contribution < 1.29 is 0 Å². The molecule has 1 aliphatic carbocycles. The Bertz CT molecular complexity index is 1410. The van der Waals surface area contributed by atoms with Crippen LogP contribution in [-0.2, 0) is 13.0 Å². The fraction of sp³-hybridized carbons (Fsp3) is 0.516. The molecule has 1 saturated carbocycles. The van der Waals surface area contributed by atoms with Crippen molar-refractivity contribution >= 4 is 0 Å². The molecule has 0 radical (unpaired) electrons. The Morgan fingerprint density at radius 3 is 2.59 bits per heavy atom. The Morgan fingerprint density at radius 1 is 1.03 bits per heavy atom. The molecule has 4 aromatic rings. The van der Waals surface area contributed by atoms with Crippen LogP contribution in [-0.4, -0.2) is 34.7 Å². The van der Waals surface area contributed by atoms with Crippen molar-refractivity contribution in [3.05, 3.63) is 70.7 Å². The molecule has 0 aliphatic heterocycles. The second-order valence-electron chi connectivity index (χ2n) is 11.0. The van der Waals surface area contributed by atoms with Crippen molar-refractivity contribution in [1.82, 2.24) is 34.7 Å². The third-order valence-electron chi connectivity index (χ3n) is 9.03. The monoisotopic (exact) mass is 527 g/mol. The highest BCUT2D eigenvalue weighted by molar-refractivity contribution is 5.81. The van der Waals surface area contributed by atoms with Gasteiger partial charge >= 0.3 is 5.69 Å². The Morgan fingerprint density at radius 2 is 1.85 bits per heavy atom. The van der Waals surface area contributed by atoms with Gasteiger partial charge in [0.2, 0.25) is 0 Å². The largest absolute Gasteiger partial charge is 0.328 e. The Balaban J connectivity index is 1.59. The standard InChI is InChI=1S/C31H41N7O/c1-4-7-13-24-22-38(28-16-9-8-12-18-31(28,5-2)6-3)30(39)37(24)21-23-20-32-19-17-25(23)26-14-10-11-15-27(26)29-33-35-36-34-29/h10-11,14-15,17,19-20,22,28H,4-9,12-13,16,18,21H2,1-3H3,(H,33,34,35,36). The number of H-pyrrole nitrogens is 1. The maximum atomic E-state index is 14.3. The van der Waals surface area contributed by atoms with Gasteiger partial charge in [-0.05, 0) is 77.1 Å². The van der Waals surface area contributed by atoms with Crippen LogP contribution in [0.25, 0.3) is 22.5 Å². The zero-order chi connectivity index (χ0) is 27.2. The number of aryl methyl sites for hydroxylation is 1. The average molecular weight is 528 g/mol. The highest BCUT2D eigenvalue weighted by Crippen LogP contribution is 2.47. The molecule has 0 spiro atoms. The molecule has 1 aliphatic rings. The van der Waals surface area contributed by atoms with E-state index in [2.05, 4.69) is 63.2 Å². The van der Waals surface area contributed by atoms with Crippen LogP contribution >= 0.6 is 0 Å². The summed E-state index contributed by atoms with van der Waals surface area (Å²) in [5, 5.41) is 14.6. The van der Waals surface area contributed by atoms with Crippen molar-refractivity contribution in [2.45, 2.75) is 97.6 Å². The summed E-state index contributed by atoms with van der Waals surface area (Å²) < 4.78 is 4.13. The fourth-order valence-electron chi connectivity index (χ4n) is 6.65. The van der Waals surface area contributed by atoms with Crippen LogP contribution in [0, 0.1) is 5.41 Å². The molecular weight excluding hydrogens is 486 g/mol. The fourth-order valence-corrected chi connectivity index (χ4v) is 6.65. The highest BCUT2D eigenvalue weighted by Gasteiger charge is 2.39. The molecule has 1 aromatic carbocycles. The van der Waals surface area contributed by atoms with E-state index in [-0.39, 0.29) is 17.1 Å². The van der Waals surface area contributed by atoms with E-state index < -0.39 is 0 Å². The summed E-state index contributed by atoms with van der Waals surface area (Å²) >= 11 is 0. The van der Waals surface area contributed by atoms with Crippen LogP contribution in [0.15, 0.2) is 53.7 Å². The van der Waals surface area contributed by atoms with Gasteiger partial charge in [0.25, 0.3) is 0 Å². The first-order valence-electron chi connectivity index (χ1n) is 14.7.